The molecule has 0 fully saturated rings. The van der Waals surface area contributed by atoms with Crippen molar-refractivity contribution in [1.82, 2.24) is 8.54 Å². The molecule has 7 heteroatoms. The van der Waals surface area contributed by atoms with E-state index in [0.29, 0.717) is 3.97 Å². The molecule has 0 radical (unpaired) electrons. The number of nitrogens with zero attached hydrogens (tertiary/aromatic N) is 2. The molecule has 22 heavy (non-hydrogen) atoms. The molecule has 0 aliphatic heterocycles. The van der Waals surface area contributed by atoms with Crippen LogP contribution in [0, 0.1) is 12.8 Å². The van der Waals surface area contributed by atoms with Crippen molar-refractivity contribution in [3.63, 3.8) is 0 Å². The van der Waals surface area contributed by atoms with Crippen LogP contribution in [0.4, 0.5) is 0 Å². The average Bonchev–Trinajstić information content (AvgIpc) is 2.81. The minimum atomic E-state index is -4.00. The van der Waals surface area contributed by atoms with E-state index in [1.807, 2.05) is 20.8 Å². The minimum Gasteiger partial charge on any atom is -0.274 e. The third-order valence-corrected chi connectivity index (χ3v) is 4.84. The van der Waals surface area contributed by atoms with E-state index in [4.69, 9.17) is 0 Å². The van der Waals surface area contributed by atoms with Crippen molar-refractivity contribution in [2.24, 2.45) is 5.92 Å². The summed E-state index contributed by atoms with van der Waals surface area (Å²) in [5.41, 5.74) is 0.0437. The molecule has 1 aromatic carbocycles. The molecule has 0 N–H and O–H groups in total. The van der Waals surface area contributed by atoms with Crippen LogP contribution in [0.3, 0.4) is 0 Å². The Morgan fingerprint density at radius 2 is 1.73 bits per heavy atom. The van der Waals surface area contributed by atoms with Gasteiger partial charge in [0.05, 0.1) is 4.90 Å². The SMILES string of the molecule is Cc1ccc(S(=O)(=O)n2ccn(C(=O)CC(C)C)c2=O)cc1. The molecule has 118 valence electrons. The first-order valence-electron chi connectivity index (χ1n) is 6.89. The molecule has 0 aliphatic rings. The van der Waals surface area contributed by atoms with Crippen LogP contribution in [-0.4, -0.2) is 22.9 Å². The first-order valence-corrected chi connectivity index (χ1v) is 8.33. The van der Waals surface area contributed by atoms with E-state index in [1.54, 1.807) is 12.1 Å². The minimum absolute atomic E-state index is 0.00857. The number of aromatic nitrogens is 2. The molecule has 0 saturated heterocycles. The number of benzene rings is 1. The van der Waals surface area contributed by atoms with Crippen LogP contribution >= 0.6 is 0 Å². The highest BCUT2D eigenvalue weighted by atomic mass is 32.2. The standard InChI is InChI=1S/C15H18N2O4S/c1-11(2)10-14(18)16-8-9-17(15(16)19)22(20,21)13-6-4-12(3)5-7-13/h4-9,11H,10H2,1-3H3. The molecule has 2 aromatic rings. The summed E-state index contributed by atoms with van der Waals surface area (Å²) in [6.07, 6.45) is 2.48. The van der Waals surface area contributed by atoms with E-state index < -0.39 is 21.6 Å². The zero-order valence-corrected chi connectivity index (χ0v) is 13.5. The topological polar surface area (TPSA) is 78.1 Å². The highest BCUT2D eigenvalue weighted by molar-refractivity contribution is 7.90. The Kier molecular flexibility index (Phi) is 4.37. The van der Waals surface area contributed by atoms with E-state index in [9.17, 15) is 18.0 Å². The highest BCUT2D eigenvalue weighted by Gasteiger charge is 2.22. The summed E-state index contributed by atoms with van der Waals surface area (Å²) in [5.74, 6) is -0.339. The van der Waals surface area contributed by atoms with Crippen LogP contribution in [0.15, 0.2) is 46.3 Å². The van der Waals surface area contributed by atoms with Gasteiger partial charge in [0, 0.05) is 18.8 Å². The zero-order valence-electron chi connectivity index (χ0n) is 12.7. The summed E-state index contributed by atoms with van der Waals surface area (Å²) >= 11 is 0. The predicted molar refractivity (Wildman–Crippen MR) is 82.5 cm³/mol. The van der Waals surface area contributed by atoms with Crippen molar-refractivity contribution in [3.8, 4) is 0 Å². The second-order valence-corrected chi connectivity index (χ2v) is 7.37. The van der Waals surface area contributed by atoms with Crippen LogP contribution < -0.4 is 5.69 Å². The number of hydrogen-bond acceptors (Lipinski definition) is 4. The Hall–Kier alpha value is -2.15. The fourth-order valence-corrected chi connectivity index (χ4v) is 3.22. The van der Waals surface area contributed by atoms with Gasteiger partial charge in [0.25, 0.3) is 10.0 Å². The summed E-state index contributed by atoms with van der Waals surface area (Å²) in [7, 11) is -4.00. The van der Waals surface area contributed by atoms with Crippen LogP contribution in [-0.2, 0) is 10.0 Å². The van der Waals surface area contributed by atoms with Gasteiger partial charge >= 0.3 is 5.69 Å². The molecule has 0 bridgehead atoms. The summed E-state index contributed by atoms with van der Waals surface area (Å²) < 4.78 is 26.4. The maximum absolute atomic E-state index is 12.5. The number of rotatable bonds is 4. The van der Waals surface area contributed by atoms with Crippen molar-refractivity contribution in [2.45, 2.75) is 32.1 Å². The van der Waals surface area contributed by atoms with Crippen molar-refractivity contribution in [2.75, 3.05) is 0 Å². The normalized spacial score (nSPS) is 11.8. The number of aryl methyl sites for hydroxylation is 1. The number of carbonyl (C=O) groups excluding carboxylic acids is 1. The molecule has 1 heterocycles. The molecule has 0 aliphatic carbocycles. The summed E-state index contributed by atoms with van der Waals surface area (Å²) in [6, 6.07) is 6.17. The monoisotopic (exact) mass is 322 g/mol. The molecule has 0 amide bonds. The van der Waals surface area contributed by atoms with Crippen molar-refractivity contribution < 1.29 is 13.2 Å². The van der Waals surface area contributed by atoms with Gasteiger partial charge in [-0.15, -0.1) is 0 Å². The maximum atomic E-state index is 12.5. The van der Waals surface area contributed by atoms with Crippen molar-refractivity contribution in [3.05, 3.63) is 52.7 Å². The molecular weight excluding hydrogens is 304 g/mol. The Bertz CT molecular complexity index is 842. The van der Waals surface area contributed by atoms with E-state index in [-0.39, 0.29) is 17.2 Å². The van der Waals surface area contributed by atoms with E-state index >= 15 is 0 Å². The summed E-state index contributed by atoms with van der Waals surface area (Å²) in [6.45, 7) is 5.54. The van der Waals surface area contributed by atoms with Gasteiger partial charge in [0.2, 0.25) is 5.91 Å². The maximum Gasteiger partial charge on any atom is 0.349 e. The first kappa shape index (κ1) is 16.2. The fourth-order valence-electron chi connectivity index (χ4n) is 2.01. The quantitative estimate of drug-likeness (QED) is 0.861. The van der Waals surface area contributed by atoms with Crippen LogP contribution in [0.2, 0.25) is 0 Å². The third-order valence-electron chi connectivity index (χ3n) is 3.18. The highest BCUT2D eigenvalue weighted by Crippen LogP contribution is 2.13. The van der Waals surface area contributed by atoms with Gasteiger partial charge in [-0.25, -0.2) is 17.8 Å². The van der Waals surface area contributed by atoms with Gasteiger partial charge in [0.1, 0.15) is 0 Å². The Morgan fingerprint density at radius 3 is 2.27 bits per heavy atom. The second-order valence-electron chi connectivity index (χ2n) is 5.56. The van der Waals surface area contributed by atoms with E-state index in [2.05, 4.69) is 0 Å². The zero-order chi connectivity index (χ0) is 16.5. The van der Waals surface area contributed by atoms with Crippen LogP contribution in [0.5, 0.6) is 0 Å². The predicted octanol–water partition coefficient (Wildman–Crippen LogP) is 1.88. The molecule has 0 spiro atoms. The van der Waals surface area contributed by atoms with Crippen molar-refractivity contribution >= 4 is 15.9 Å². The first-order chi connectivity index (χ1) is 10.2. The Labute approximate surface area is 129 Å². The summed E-state index contributed by atoms with van der Waals surface area (Å²) in [4.78, 5) is 24.2. The molecule has 0 saturated carbocycles. The lowest BCUT2D eigenvalue weighted by molar-refractivity contribution is 0.0882. The molecular formula is C15H18N2O4S. The van der Waals surface area contributed by atoms with Gasteiger partial charge in [0.15, 0.2) is 0 Å². The molecule has 1 aromatic heterocycles. The lowest BCUT2D eigenvalue weighted by Gasteiger charge is -2.05. The molecule has 0 atom stereocenters. The largest absolute Gasteiger partial charge is 0.349 e. The number of imidazole rings is 1. The fraction of sp³-hybridized carbons (Fsp3) is 0.333. The molecule has 0 unspecified atom stereocenters. The second kappa shape index (κ2) is 5.92. The third kappa shape index (κ3) is 3.04. The van der Waals surface area contributed by atoms with Crippen LogP contribution in [0.1, 0.15) is 30.6 Å². The lowest BCUT2D eigenvalue weighted by atomic mass is 10.1. The van der Waals surface area contributed by atoms with Gasteiger partial charge in [-0.3, -0.25) is 4.79 Å². The van der Waals surface area contributed by atoms with Gasteiger partial charge in [-0.1, -0.05) is 31.5 Å². The van der Waals surface area contributed by atoms with Gasteiger partial charge in [-0.2, -0.15) is 3.97 Å². The van der Waals surface area contributed by atoms with Gasteiger partial charge in [-0.05, 0) is 25.0 Å². The van der Waals surface area contributed by atoms with E-state index in [1.165, 1.54) is 18.3 Å². The number of hydrogen-bond donors (Lipinski definition) is 0. The Morgan fingerprint density at radius 1 is 1.14 bits per heavy atom. The van der Waals surface area contributed by atoms with Crippen molar-refractivity contribution in [1.29, 1.82) is 0 Å². The molecule has 6 nitrogen and oxygen atoms in total. The number of carbonyl (C=O) groups is 1. The molecule has 2 rings (SSSR count). The Balaban J connectivity index is 2.46. The smallest absolute Gasteiger partial charge is 0.274 e. The lowest BCUT2D eigenvalue weighted by Crippen LogP contribution is -2.32. The van der Waals surface area contributed by atoms with E-state index in [0.717, 1.165) is 16.3 Å². The summed E-state index contributed by atoms with van der Waals surface area (Å²) in [5, 5.41) is 0. The average molecular weight is 322 g/mol. The van der Waals surface area contributed by atoms with Crippen LogP contribution in [0.25, 0.3) is 0 Å². The van der Waals surface area contributed by atoms with Gasteiger partial charge < -0.3 is 0 Å².